The predicted octanol–water partition coefficient (Wildman–Crippen LogP) is 1.20. The van der Waals surface area contributed by atoms with Crippen molar-refractivity contribution in [3.05, 3.63) is 0 Å². The van der Waals surface area contributed by atoms with Crippen molar-refractivity contribution in [1.82, 2.24) is 5.32 Å². The molecule has 0 aromatic carbocycles. The third-order valence-corrected chi connectivity index (χ3v) is 2.58. The van der Waals surface area contributed by atoms with E-state index in [1.165, 1.54) is 6.42 Å². The van der Waals surface area contributed by atoms with E-state index in [1.54, 1.807) is 0 Å². The average molecular weight is 159 g/mol. The van der Waals surface area contributed by atoms with Crippen LogP contribution in [0.25, 0.3) is 0 Å². The Morgan fingerprint density at radius 3 is 2.50 bits per heavy atom. The Morgan fingerprint density at radius 1 is 1.40 bits per heavy atom. The van der Waals surface area contributed by atoms with Crippen LogP contribution in [0, 0.1) is 0 Å². The van der Waals surface area contributed by atoms with Gasteiger partial charge in [0, 0.05) is 6.54 Å². The minimum Gasteiger partial charge on any atom is -0.413 e. The van der Waals surface area contributed by atoms with Crippen molar-refractivity contribution in [3.8, 4) is 0 Å². The third kappa shape index (κ3) is 2.81. The molecule has 1 rings (SSSR count). The zero-order valence-electron chi connectivity index (χ0n) is 7.11. The molecule has 1 atom stereocenters. The Kier molecular flexibility index (Phi) is 2.49. The van der Waals surface area contributed by atoms with Crippen molar-refractivity contribution >= 4 is 8.32 Å². The van der Waals surface area contributed by atoms with Gasteiger partial charge in [-0.05, 0) is 32.6 Å². The monoisotopic (exact) mass is 159 g/mol. The van der Waals surface area contributed by atoms with Crippen molar-refractivity contribution < 1.29 is 4.43 Å². The highest BCUT2D eigenvalue weighted by atomic mass is 28.4. The van der Waals surface area contributed by atoms with Crippen LogP contribution in [0.4, 0.5) is 0 Å². The third-order valence-electron chi connectivity index (χ3n) is 1.54. The minimum atomic E-state index is -1.26. The molecule has 0 radical (unpaired) electrons. The van der Waals surface area contributed by atoms with Gasteiger partial charge in [0.05, 0.1) is 6.10 Å². The molecule has 0 aromatic heterocycles. The van der Waals surface area contributed by atoms with E-state index in [0.29, 0.717) is 6.10 Å². The molecular formula is C7H17NOSi. The minimum absolute atomic E-state index is 0.506. The fraction of sp³-hybridized carbons (Fsp3) is 1.00. The smallest absolute Gasteiger partial charge is 0.184 e. The van der Waals surface area contributed by atoms with Gasteiger partial charge < -0.3 is 9.74 Å². The van der Waals surface area contributed by atoms with Crippen LogP contribution in [0.1, 0.15) is 6.42 Å². The fourth-order valence-electron chi connectivity index (χ4n) is 1.23. The highest BCUT2D eigenvalue weighted by molar-refractivity contribution is 6.69. The first-order valence-electron chi connectivity index (χ1n) is 3.96. The summed E-state index contributed by atoms with van der Waals surface area (Å²) >= 11 is 0. The zero-order valence-corrected chi connectivity index (χ0v) is 8.11. The van der Waals surface area contributed by atoms with E-state index in [0.717, 1.165) is 13.1 Å². The number of rotatable bonds is 2. The molecule has 60 valence electrons. The van der Waals surface area contributed by atoms with Crippen molar-refractivity contribution in [1.29, 1.82) is 0 Å². The van der Waals surface area contributed by atoms with E-state index in [4.69, 9.17) is 4.43 Å². The summed E-state index contributed by atoms with van der Waals surface area (Å²) in [6.45, 7) is 8.92. The van der Waals surface area contributed by atoms with Gasteiger partial charge in [0.1, 0.15) is 0 Å². The lowest BCUT2D eigenvalue weighted by molar-refractivity contribution is 0.215. The van der Waals surface area contributed by atoms with Crippen LogP contribution in [0.5, 0.6) is 0 Å². The van der Waals surface area contributed by atoms with E-state index < -0.39 is 8.32 Å². The van der Waals surface area contributed by atoms with Crippen molar-refractivity contribution in [3.63, 3.8) is 0 Å². The molecular weight excluding hydrogens is 142 g/mol. The lowest BCUT2D eigenvalue weighted by Crippen LogP contribution is -2.33. The molecule has 0 amide bonds. The molecule has 3 heteroatoms. The Bertz CT molecular complexity index is 105. The topological polar surface area (TPSA) is 21.3 Å². The SMILES string of the molecule is C[Si](C)(C)OC1CCNC1. The number of nitrogens with one attached hydrogen (secondary N) is 1. The molecule has 10 heavy (non-hydrogen) atoms. The Labute approximate surface area is 64.1 Å². The molecule has 1 N–H and O–H groups in total. The van der Waals surface area contributed by atoms with Crippen LogP contribution < -0.4 is 5.32 Å². The van der Waals surface area contributed by atoms with Crippen LogP contribution in [0.2, 0.25) is 19.6 Å². The molecule has 0 aromatic rings. The Hall–Kier alpha value is 0.137. The standard InChI is InChI=1S/C7H17NOSi/c1-10(2,3)9-7-4-5-8-6-7/h7-8H,4-6H2,1-3H3. The summed E-state index contributed by atoms with van der Waals surface area (Å²) in [5, 5.41) is 3.29. The molecule has 1 aliphatic rings. The molecule has 0 spiro atoms. The fourth-order valence-corrected chi connectivity index (χ4v) is 2.43. The molecule has 0 bridgehead atoms. The van der Waals surface area contributed by atoms with Gasteiger partial charge in [-0.3, -0.25) is 0 Å². The lowest BCUT2D eigenvalue weighted by atomic mass is 10.3. The van der Waals surface area contributed by atoms with Crippen LogP contribution in [-0.4, -0.2) is 27.5 Å². The van der Waals surface area contributed by atoms with Crippen LogP contribution in [0.3, 0.4) is 0 Å². The van der Waals surface area contributed by atoms with Gasteiger partial charge in [-0.2, -0.15) is 0 Å². The highest BCUT2D eigenvalue weighted by Gasteiger charge is 2.23. The van der Waals surface area contributed by atoms with Crippen molar-refractivity contribution in [2.75, 3.05) is 13.1 Å². The van der Waals surface area contributed by atoms with Gasteiger partial charge in [0.25, 0.3) is 0 Å². The second-order valence-electron chi connectivity index (χ2n) is 3.85. The molecule has 0 aliphatic carbocycles. The van der Waals surface area contributed by atoms with Crippen molar-refractivity contribution in [2.45, 2.75) is 32.2 Å². The van der Waals surface area contributed by atoms with Gasteiger partial charge in [-0.15, -0.1) is 0 Å². The second-order valence-corrected chi connectivity index (χ2v) is 8.31. The first-order chi connectivity index (χ1) is 4.58. The van der Waals surface area contributed by atoms with Crippen LogP contribution >= 0.6 is 0 Å². The highest BCUT2D eigenvalue weighted by Crippen LogP contribution is 2.11. The first-order valence-corrected chi connectivity index (χ1v) is 7.37. The maximum Gasteiger partial charge on any atom is 0.184 e. The number of hydrogen-bond acceptors (Lipinski definition) is 2. The molecule has 1 aliphatic heterocycles. The molecule has 2 nitrogen and oxygen atoms in total. The molecule has 1 fully saturated rings. The van der Waals surface area contributed by atoms with E-state index in [9.17, 15) is 0 Å². The van der Waals surface area contributed by atoms with Gasteiger partial charge in [-0.1, -0.05) is 0 Å². The Morgan fingerprint density at radius 2 is 2.10 bits per heavy atom. The van der Waals surface area contributed by atoms with Gasteiger partial charge in [-0.25, -0.2) is 0 Å². The summed E-state index contributed by atoms with van der Waals surface area (Å²) in [7, 11) is -1.26. The van der Waals surface area contributed by atoms with Crippen LogP contribution in [0.15, 0.2) is 0 Å². The maximum atomic E-state index is 5.88. The second kappa shape index (κ2) is 3.03. The number of hydrogen-bond donors (Lipinski definition) is 1. The van der Waals surface area contributed by atoms with E-state index in [1.807, 2.05) is 0 Å². The molecule has 1 heterocycles. The van der Waals surface area contributed by atoms with Crippen molar-refractivity contribution in [2.24, 2.45) is 0 Å². The van der Waals surface area contributed by atoms with E-state index >= 15 is 0 Å². The summed E-state index contributed by atoms with van der Waals surface area (Å²) in [4.78, 5) is 0. The molecule has 0 saturated carbocycles. The largest absolute Gasteiger partial charge is 0.413 e. The molecule has 1 unspecified atom stereocenters. The summed E-state index contributed by atoms with van der Waals surface area (Å²) in [6, 6.07) is 0. The zero-order chi connectivity index (χ0) is 7.61. The Balaban J connectivity index is 2.24. The summed E-state index contributed by atoms with van der Waals surface area (Å²) in [5.74, 6) is 0. The predicted molar refractivity (Wildman–Crippen MR) is 45.7 cm³/mol. The van der Waals surface area contributed by atoms with Gasteiger partial charge in [0.15, 0.2) is 8.32 Å². The van der Waals surface area contributed by atoms with Crippen LogP contribution in [-0.2, 0) is 4.43 Å². The summed E-state index contributed by atoms with van der Waals surface area (Å²) < 4.78 is 5.88. The first kappa shape index (κ1) is 8.24. The summed E-state index contributed by atoms with van der Waals surface area (Å²) in [6.07, 6.45) is 1.70. The van der Waals surface area contributed by atoms with Gasteiger partial charge >= 0.3 is 0 Å². The van der Waals surface area contributed by atoms with E-state index in [-0.39, 0.29) is 0 Å². The average Bonchev–Trinajstić information content (AvgIpc) is 2.12. The maximum absolute atomic E-state index is 5.88. The van der Waals surface area contributed by atoms with E-state index in [2.05, 4.69) is 25.0 Å². The normalized spacial score (nSPS) is 27.3. The van der Waals surface area contributed by atoms with Gasteiger partial charge in [0.2, 0.25) is 0 Å². The molecule has 1 saturated heterocycles. The summed E-state index contributed by atoms with van der Waals surface area (Å²) in [5.41, 5.74) is 0. The quantitative estimate of drug-likeness (QED) is 0.611. The lowest BCUT2D eigenvalue weighted by Gasteiger charge is -2.22.